The fourth-order valence-electron chi connectivity index (χ4n) is 2.36. The van der Waals surface area contributed by atoms with Gasteiger partial charge in [0.2, 0.25) is 0 Å². The van der Waals surface area contributed by atoms with Crippen molar-refractivity contribution in [2.24, 2.45) is 5.41 Å². The minimum absolute atomic E-state index is 0.222. The number of ether oxygens (including phenoxy) is 2. The van der Waals surface area contributed by atoms with Crippen molar-refractivity contribution in [3.63, 3.8) is 0 Å². The highest BCUT2D eigenvalue weighted by Gasteiger charge is 2.41. The van der Waals surface area contributed by atoms with Crippen molar-refractivity contribution < 1.29 is 14.3 Å². The van der Waals surface area contributed by atoms with Crippen molar-refractivity contribution in [3.8, 4) is 0 Å². The normalized spacial score (nSPS) is 19.6. The van der Waals surface area contributed by atoms with Gasteiger partial charge in [-0.2, -0.15) is 0 Å². The highest BCUT2D eigenvalue weighted by Crippen LogP contribution is 2.41. The molecule has 0 radical (unpaired) electrons. The van der Waals surface area contributed by atoms with Gasteiger partial charge >= 0.3 is 5.97 Å². The predicted molar refractivity (Wildman–Crippen MR) is 64.6 cm³/mol. The molecule has 0 aliphatic carbocycles. The number of benzene rings is 1. The van der Waals surface area contributed by atoms with Crippen LogP contribution in [0.4, 0.5) is 0 Å². The molecule has 1 heterocycles. The quantitative estimate of drug-likeness (QED) is 0.737. The number of hydrogen-bond donors (Lipinski definition) is 0. The second-order valence-corrected chi connectivity index (χ2v) is 4.91. The Labute approximate surface area is 102 Å². The van der Waals surface area contributed by atoms with Crippen LogP contribution >= 0.6 is 0 Å². The monoisotopic (exact) mass is 234 g/mol. The summed E-state index contributed by atoms with van der Waals surface area (Å²) in [6.45, 7) is 4.39. The minimum Gasteiger partial charge on any atom is -0.469 e. The summed E-state index contributed by atoms with van der Waals surface area (Å²) < 4.78 is 10.7. The van der Waals surface area contributed by atoms with E-state index in [0.717, 1.165) is 12.0 Å². The lowest BCUT2D eigenvalue weighted by Gasteiger charge is -2.36. The van der Waals surface area contributed by atoms with E-state index in [1.165, 1.54) is 12.7 Å². The van der Waals surface area contributed by atoms with Crippen LogP contribution in [0.1, 0.15) is 31.1 Å². The highest BCUT2D eigenvalue weighted by molar-refractivity contribution is 5.77. The number of rotatable bonds is 2. The molecule has 92 valence electrons. The summed E-state index contributed by atoms with van der Waals surface area (Å²) in [5.41, 5.74) is 1.71. The Morgan fingerprint density at radius 3 is 2.82 bits per heavy atom. The van der Waals surface area contributed by atoms with E-state index in [4.69, 9.17) is 9.47 Å². The van der Waals surface area contributed by atoms with E-state index < -0.39 is 5.41 Å². The van der Waals surface area contributed by atoms with Crippen molar-refractivity contribution in [1.29, 1.82) is 0 Å². The lowest BCUT2D eigenvalue weighted by Crippen LogP contribution is -2.36. The van der Waals surface area contributed by atoms with Crippen molar-refractivity contribution in [2.45, 2.75) is 26.4 Å². The number of methoxy groups -OCH3 is 1. The molecule has 1 atom stereocenters. The molecule has 0 saturated heterocycles. The van der Waals surface area contributed by atoms with Crippen LogP contribution in [0.15, 0.2) is 24.3 Å². The number of carbonyl (C=O) groups excluding carboxylic acids is 1. The van der Waals surface area contributed by atoms with Gasteiger partial charge in [0.15, 0.2) is 0 Å². The fourth-order valence-corrected chi connectivity index (χ4v) is 2.36. The highest BCUT2D eigenvalue weighted by atomic mass is 16.5. The van der Waals surface area contributed by atoms with Crippen LogP contribution in [0.2, 0.25) is 0 Å². The van der Waals surface area contributed by atoms with Crippen LogP contribution in [0.3, 0.4) is 0 Å². The number of carbonyl (C=O) groups is 1. The largest absolute Gasteiger partial charge is 0.469 e. The Morgan fingerprint density at radius 2 is 2.12 bits per heavy atom. The van der Waals surface area contributed by atoms with Gasteiger partial charge in [0.05, 0.1) is 25.2 Å². The van der Waals surface area contributed by atoms with Crippen LogP contribution in [-0.4, -0.2) is 19.7 Å². The zero-order valence-corrected chi connectivity index (χ0v) is 10.5. The summed E-state index contributed by atoms with van der Waals surface area (Å²) in [6.07, 6.45) is 0.684. The van der Waals surface area contributed by atoms with Crippen LogP contribution in [-0.2, 0) is 20.7 Å². The third-order valence-corrected chi connectivity index (χ3v) is 3.36. The Kier molecular flexibility index (Phi) is 3.20. The van der Waals surface area contributed by atoms with E-state index in [9.17, 15) is 4.79 Å². The summed E-state index contributed by atoms with van der Waals surface area (Å²) in [7, 11) is 1.42. The van der Waals surface area contributed by atoms with Crippen molar-refractivity contribution in [1.82, 2.24) is 0 Å². The van der Waals surface area contributed by atoms with E-state index >= 15 is 0 Å². The predicted octanol–water partition coefficient (Wildman–Crippen LogP) is 2.50. The maximum atomic E-state index is 11.8. The Hall–Kier alpha value is -1.35. The molecule has 1 aromatic carbocycles. The molecular formula is C14H18O3. The lowest BCUT2D eigenvalue weighted by atomic mass is 9.79. The van der Waals surface area contributed by atoms with Gasteiger partial charge in [-0.3, -0.25) is 4.79 Å². The first kappa shape index (κ1) is 12.1. The first-order chi connectivity index (χ1) is 8.07. The maximum absolute atomic E-state index is 11.8. The number of esters is 1. The first-order valence-electron chi connectivity index (χ1n) is 5.85. The first-order valence-corrected chi connectivity index (χ1v) is 5.85. The van der Waals surface area contributed by atoms with Gasteiger partial charge in [0.25, 0.3) is 0 Å². The topological polar surface area (TPSA) is 35.5 Å². The minimum atomic E-state index is -0.661. The zero-order valence-electron chi connectivity index (χ0n) is 10.5. The van der Waals surface area contributed by atoms with Gasteiger partial charge in [-0.1, -0.05) is 24.3 Å². The van der Waals surface area contributed by atoms with Crippen molar-refractivity contribution >= 4 is 5.97 Å². The van der Waals surface area contributed by atoms with Crippen molar-refractivity contribution in [2.75, 3.05) is 13.7 Å². The van der Waals surface area contributed by atoms with Gasteiger partial charge < -0.3 is 9.47 Å². The van der Waals surface area contributed by atoms with E-state index in [2.05, 4.69) is 6.07 Å². The SMILES string of the molecule is COC(=O)C(C)(C)[C@@H]1OCCc2ccccc21. The third kappa shape index (κ3) is 2.07. The number of fused-ring (bicyclic) bond motifs is 1. The molecule has 0 amide bonds. The summed E-state index contributed by atoms with van der Waals surface area (Å²) in [4.78, 5) is 11.8. The van der Waals surface area contributed by atoms with Crippen LogP contribution < -0.4 is 0 Å². The molecule has 0 N–H and O–H groups in total. The molecule has 3 heteroatoms. The molecular weight excluding hydrogens is 216 g/mol. The molecule has 3 nitrogen and oxygen atoms in total. The van der Waals surface area contributed by atoms with Crippen LogP contribution in [0, 0.1) is 5.41 Å². The third-order valence-electron chi connectivity index (χ3n) is 3.36. The lowest BCUT2D eigenvalue weighted by molar-refractivity contribution is -0.161. The number of hydrogen-bond acceptors (Lipinski definition) is 3. The average molecular weight is 234 g/mol. The fraction of sp³-hybridized carbons (Fsp3) is 0.500. The Morgan fingerprint density at radius 1 is 1.41 bits per heavy atom. The smallest absolute Gasteiger partial charge is 0.314 e. The van der Waals surface area contributed by atoms with Gasteiger partial charge in [-0.05, 0) is 31.4 Å². The van der Waals surface area contributed by atoms with E-state index in [1.54, 1.807) is 0 Å². The van der Waals surface area contributed by atoms with E-state index in [1.807, 2.05) is 32.0 Å². The van der Waals surface area contributed by atoms with Crippen molar-refractivity contribution in [3.05, 3.63) is 35.4 Å². The second-order valence-electron chi connectivity index (χ2n) is 4.91. The zero-order chi connectivity index (χ0) is 12.5. The molecule has 17 heavy (non-hydrogen) atoms. The van der Waals surface area contributed by atoms with Gasteiger partial charge in [-0.15, -0.1) is 0 Å². The standard InChI is InChI=1S/C14H18O3/c1-14(2,13(15)16-3)12-11-7-5-4-6-10(11)8-9-17-12/h4-7,12H,8-9H2,1-3H3/t12-/m1/s1. The molecule has 0 spiro atoms. The van der Waals surface area contributed by atoms with Gasteiger partial charge in [-0.25, -0.2) is 0 Å². The molecule has 0 unspecified atom stereocenters. The second kappa shape index (κ2) is 4.49. The molecule has 2 rings (SSSR count). The summed E-state index contributed by atoms with van der Waals surface area (Å²) >= 11 is 0. The molecule has 0 aromatic heterocycles. The van der Waals surface area contributed by atoms with E-state index in [0.29, 0.717) is 6.61 Å². The molecule has 0 bridgehead atoms. The van der Waals surface area contributed by atoms with Gasteiger partial charge in [0.1, 0.15) is 0 Å². The molecule has 1 aromatic rings. The maximum Gasteiger partial charge on any atom is 0.314 e. The summed E-state index contributed by atoms with van der Waals surface area (Å²) in [5.74, 6) is -0.237. The molecule has 0 saturated carbocycles. The molecule has 0 fully saturated rings. The average Bonchev–Trinajstić information content (AvgIpc) is 2.37. The Bertz CT molecular complexity index is 423. The van der Waals surface area contributed by atoms with Crippen LogP contribution in [0.25, 0.3) is 0 Å². The van der Waals surface area contributed by atoms with E-state index in [-0.39, 0.29) is 12.1 Å². The summed E-state index contributed by atoms with van der Waals surface area (Å²) in [5, 5.41) is 0. The Balaban J connectivity index is 2.39. The van der Waals surface area contributed by atoms with Gasteiger partial charge in [0, 0.05) is 0 Å². The summed E-state index contributed by atoms with van der Waals surface area (Å²) in [6, 6.07) is 8.13. The van der Waals surface area contributed by atoms with Crippen LogP contribution in [0.5, 0.6) is 0 Å². The molecule has 1 aliphatic rings. The molecule has 1 aliphatic heterocycles.